The van der Waals surface area contributed by atoms with E-state index in [1.54, 1.807) is 30.3 Å². The molecule has 2 aromatic carbocycles. The van der Waals surface area contributed by atoms with Gasteiger partial charge in [0.15, 0.2) is 6.10 Å². The Morgan fingerprint density at radius 3 is 2.44 bits per heavy atom. The van der Waals surface area contributed by atoms with Crippen molar-refractivity contribution in [1.29, 1.82) is 0 Å². The highest BCUT2D eigenvalue weighted by molar-refractivity contribution is 7.92. The number of carbonyl (C=O) groups is 1. The Kier molecular flexibility index (Phi) is 4.81. The number of hydrogen-bond donors (Lipinski definition) is 1. The number of hydrogen-bond acceptors (Lipinski definition) is 4. The summed E-state index contributed by atoms with van der Waals surface area (Å²) in [6.45, 7) is -0.147. The number of nitrogens with one attached hydrogen (secondary N) is 1. The minimum atomic E-state index is -3.60. The van der Waals surface area contributed by atoms with Gasteiger partial charge in [-0.05, 0) is 42.5 Å². The predicted molar refractivity (Wildman–Crippen MR) is 98.1 cm³/mol. The molecule has 1 amide bonds. The topological polar surface area (TPSA) is 75.7 Å². The van der Waals surface area contributed by atoms with Crippen molar-refractivity contribution in [2.75, 3.05) is 22.4 Å². The van der Waals surface area contributed by atoms with Crippen molar-refractivity contribution in [3.63, 3.8) is 0 Å². The molecule has 0 spiro atoms. The molecule has 0 aliphatic carbocycles. The summed E-state index contributed by atoms with van der Waals surface area (Å²) in [5, 5.41) is 3.60. The second-order valence-electron chi connectivity index (χ2n) is 5.51. The van der Waals surface area contributed by atoms with E-state index in [9.17, 15) is 13.2 Å². The van der Waals surface area contributed by atoms with Crippen LogP contribution in [0.25, 0.3) is 0 Å². The fourth-order valence-corrected chi connectivity index (χ4v) is 3.63. The fourth-order valence-electron chi connectivity index (χ4n) is 2.43. The van der Waals surface area contributed by atoms with Crippen molar-refractivity contribution in [1.82, 2.24) is 0 Å². The van der Waals surface area contributed by atoms with Crippen molar-refractivity contribution in [2.24, 2.45) is 0 Å². The van der Waals surface area contributed by atoms with Gasteiger partial charge >= 0.3 is 0 Å². The Labute approximate surface area is 155 Å². The van der Waals surface area contributed by atoms with Gasteiger partial charge in [0.05, 0.1) is 18.5 Å². The quantitative estimate of drug-likeness (QED) is 0.858. The van der Waals surface area contributed by atoms with Gasteiger partial charge in [0.25, 0.3) is 5.91 Å². The van der Waals surface area contributed by atoms with Crippen LogP contribution in [0.3, 0.4) is 0 Å². The zero-order chi connectivity index (χ0) is 18.2. The zero-order valence-electron chi connectivity index (χ0n) is 13.1. The van der Waals surface area contributed by atoms with Crippen molar-refractivity contribution in [2.45, 2.75) is 6.10 Å². The third-order valence-electron chi connectivity index (χ3n) is 3.60. The molecule has 1 unspecified atom stereocenters. The summed E-state index contributed by atoms with van der Waals surface area (Å²) >= 11 is 11.8. The largest absolute Gasteiger partial charge is 0.476 e. The van der Waals surface area contributed by atoms with Gasteiger partial charge in [-0.1, -0.05) is 23.2 Å². The van der Waals surface area contributed by atoms with Crippen molar-refractivity contribution >= 4 is 50.5 Å². The number of carbonyl (C=O) groups excluding carboxylic acids is 1. The maximum absolute atomic E-state index is 12.5. The van der Waals surface area contributed by atoms with Gasteiger partial charge in [-0.2, -0.15) is 0 Å². The minimum absolute atomic E-state index is 0.147. The number of fused-ring (bicyclic) bond motifs is 1. The van der Waals surface area contributed by atoms with Crippen molar-refractivity contribution < 1.29 is 17.9 Å². The van der Waals surface area contributed by atoms with Crippen LogP contribution in [0.2, 0.25) is 10.0 Å². The summed E-state index contributed by atoms with van der Waals surface area (Å²) in [6, 6.07) is 11.2. The average molecular weight is 401 g/mol. The van der Waals surface area contributed by atoms with E-state index in [-0.39, 0.29) is 12.3 Å². The van der Waals surface area contributed by atoms with E-state index < -0.39 is 22.0 Å². The molecule has 0 aromatic heterocycles. The molecule has 9 heteroatoms. The van der Waals surface area contributed by atoms with Crippen molar-refractivity contribution in [3.05, 3.63) is 52.5 Å². The zero-order valence-corrected chi connectivity index (χ0v) is 15.4. The number of benzene rings is 2. The number of anilines is 2. The lowest BCUT2D eigenvalue weighted by molar-refractivity contribution is -0.122. The molecule has 1 heterocycles. The first-order chi connectivity index (χ1) is 11.7. The average Bonchev–Trinajstić information content (AvgIpc) is 2.55. The monoisotopic (exact) mass is 400 g/mol. The maximum atomic E-state index is 12.5. The molecular weight excluding hydrogens is 387 g/mol. The third kappa shape index (κ3) is 4.00. The van der Waals surface area contributed by atoms with Crippen LogP contribution in [0.4, 0.5) is 11.4 Å². The summed E-state index contributed by atoms with van der Waals surface area (Å²) in [7, 11) is -3.60. The number of rotatable bonds is 3. The summed E-state index contributed by atoms with van der Waals surface area (Å²) in [6.07, 6.45) is 0.0658. The lowest BCUT2D eigenvalue weighted by Crippen LogP contribution is -2.48. The van der Waals surface area contributed by atoms with E-state index in [1.165, 1.54) is 12.1 Å². The van der Waals surface area contributed by atoms with Crippen LogP contribution in [0.1, 0.15) is 0 Å². The second kappa shape index (κ2) is 6.74. The van der Waals surface area contributed by atoms with Gasteiger partial charge in [0.2, 0.25) is 10.0 Å². The maximum Gasteiger partial charge on any atom is 0.267 e. The Balaban J connectivity index is 1.87. The van der Waals surface area contributed by atoms with Gasteiger partial charge in [-0.3, -0.25) is 9.10 Å². The Bertz CT molecular complexity index is 916. The van der Waals surface area contributed by atoms with Gasteiger partial charge in [0.1, 0.15) is 5.75 Å². The van der Waals surface area contributed by atoms with E-state index in [0.29, 0.717) is 21.4 Å². The molecule has 2 aromatic rings. The van der Waals surface area contributed by atoms with Crippen LogP contribution in [0.5, 0.6) is 5.75 Å². The molecule has 0 fully saturated rings. The van der Waals surface area contributed by atoms with Crippen LogP contribution in [0.15, 0.2) is 42.5 Å². The molecule has 0 saturated carbocycles. The van der Waals surface area contributed by atoms with E-state index >= 15 is 0 Å². The van der Waals surface area contributed by atoms with E-state index in [0.717, 1.165) is 10.6 Å². The van der Waals surface area contributed by atoms with E-state index in [1.807, 2.05) is 0 Å². The number of sulfonamides is 1. The molecule has 0 bridgehead atoms. The first-order valence-electron chi connectivity index (χ1n) is 7.24. The van der Waals surface area contributed by atoms with Gasteiger partial charge in [0, 0.05) is 15.7 Å². The molecule has 3 rings (SSSR count). The van der Waals surface area contributed by atoms with Crippen LogP contribution in [-0.4, -0.2) is 33.2 Å². The second-order valence-corrected chi connectivity index (χ2v) is 8.29. The summed E-state index contributed by atoms with van der Waals surface area (Å²) in [4.78, 5) is 12.5. The smallest absolute Gasteiger partial charge is 0.267 e. The number of nitrogens with zero attached hydrogens (tertiary/aromatic N) is 1. The normalized spacial score (nSPS) is 16.8. The highest BCUT2D eigenvalue weighted by Crippen LogP contribution is 2.37. The number of amides is 1. The first-order valence-corrected chi connectivity index (χ1v) is 9.85. The van der Waals surface area contributed by atoms with Gasteiger partial charge in [-0.25, -0.2) is 8.42 Å². The molecule has 0 radical (unpaired) electrons. The molecule has 1 aliphatic heterocycles. The van der Waals surface area contributed by atoms with Crippen LogP contribution in [-0.2, 0) is 14.8 Å². The molecule has 1 aliphatic rings. The predicted octanol–water partition coefficient (Wildman–Crippen LogP) is 3.16. The van der Waals surface area contributed by atoms with Crippen LogP contribution >= 0.6 is 23.2 Å². The Morgan fingerprint density at radius 1 is 1.16 bits per heavy atom. The van der Waals surface area contributed by atoms with E-state index in [4.69, 9.17) is 27.9 Å². The molecule has 1 atom stereocenters. The van der Waals surface area contributed by atoms with Crippen LogP contribution in [0, 0.1) is 0 Å². The fraction of sp³-hybridized carbons (Fsp3) is 0.188. The molecular formula is C16H14Cl2N2O4S. The molecule has 6 nitrogen and oxygen atoms in total. The van der Waals surface area contributed by atoms with E-state index in [2.05, 4.69) is 5.32 Å². The Hall–Kier alpha value is -1.96. The van der Waals surface area contributed by atoms with Crippen molar-refractivity contribution in [3.8, 4) is 5.75 Å². The lowest BCUT2D eigenvalue weighted by Gasteiger charge is -2.34. The summed E-state index contributed by atoms with van der Waals surface area (Å²) in [5.41, 5.74) is 0.844. The minimum Gasteiger partial charge on any atom is -0.476 e. The lowest BCUT2D eigenvalue weighted by atomic mass is 10.2. The molecule has 0 saturated heterocycles. The summed E-state index contributed by atoms with van der Waals surface area (Å²) in [5.74, 6) is -0.186. The van der Waals surface area contributed by atoms with Gasteiger partial charge in [-0.15, -0.1) is 0 Å². The van der Waals surface area contributed by atoms with Crippen LogP contribution < -0.4 is 14.4 Å². The first kappa shape index (κ1) is 17.8. The summed E-state index contributed by atoms with van der Waals surface area (Å²) < 4.78 is 31.0. The highest BCUT2D eigenvalue weighted by atomic mass is 35.5. The highest BCUT2D eigenvalue weighted by Gasteiger charge is 2.35. The number of halogens is 2. The SMILES string of the molecule is CS(=O)(=O)N1CC(C(=O)Nc2ccc(Cl)cc2)Oc2ccc(Cl)cc21. The third-order valence-corrected chi connectivity index (χ3v) is 5.23. The Morgan fingerprint density at radius 2 is 1.80 bits per heavy atom. The molecule has 25 heavy (non-hydrogen) atoms. The standard InChI is InChI=1S/C16H14Cl2N2O4S/c1-25(22,23)20-9-15(24-14-7-4-11(18)8-13(14)20)16(21)19-12-5-2-10(17)3-6-12/h2-8,15H,9H2,1H3,(H,19,21). The number of ether oxygens (including phenoxy) is 1. The van der Waals surface area contributed by atoms with Gasteiger partial charge < -0.3 is 10.1 Å². The molecule has 132 valence electrons. The molecule has 1 N–H and O–H groups in total.